The third-order valence-corrected chi connectivity index (χ3v) is 2.06. The molecule has 2 N–H and O–H groups in total. The number of amides is 1. The highest BCUT2D eigenvalue weighted by molar-refractivity contribution is 5.84. The van der Waals surface area contributed by atoms with Gasteiger partial charge in [0.25, 0.3) is 0 Å². The topological polar surface area (TPSA) is 58.6 Å². The minimum atomic E-state index is -1.18. The number of hydrogen-bond donors (Lipinski definition) is 2. The van der Waals surface area contributed by atoms with Gasteiger partial charge in [-0.1, -0.05) is 12.1 Å². The summed E-state index contributed by atoms with van der Waals surface area (Å²) in [5.74, 6) is 0. The molecule has 0 saturated heterocycles. The van der Waals surface area contributed by atoms with Crippen LogP contribution in [0.3, 0.4) is 0 Å². The number of hydrogen-bond acceptors (Lipinski definition) is 3. The number of anilines is 1. The van der Waals surface area contributed by atoms with Crippen LogP contribution in [0.4, 0.5) is 14.9 Å². The van der Waals surface area contributed by atoms with Crippen molar-refractivity contribution in [2.24, 2.45) is 0 Å². The summed E-state index contributed by atoms with van der Waals surface area (Å²) in [6.45, 7) is 4.41. The predicted molar refractivity (Wildman–Crippen MR) is 67.2 cm³/mol. The largest absolute Gasteiger partial charge is 0.444 e. The normalized spacial score (nSPS) is 12.9. The number of benzene rings is 1. The summed E-state index contributed by atoms with van der Waals surface area (Å²) >= 11 is 0. The van der Waals surface area contributed by atoms with Crippen LogP contribution in [0.15, 0.2) is 24.3 Å². The molecule has 0 heterocycles. The highest BCUT2D eigenvalue weighted by Gasteiger charge is 2.16. The second kappa shape index (κ2) is 5.82. The minimum Gasteiger partial charge on any atom is -0.444 e. The van der Waals surface area contributed by atoms with Crippen molar-refractivity contribution in [2.45, 2.75) is 32.5 Å². The monoisotopic (exact) mass is 255 g/mol. The van der Waals surface area contributed by atoms with Crippen LogP contribution >= 0.6 is 0 Å². The van der Waals surface area contributed by atoms with Gasteiger partial charge in [0.15, 0.2) is 0 Å². The number of aliphatic hydroxyl groups excluding tert-OH is 1. The molecule has 0 aliphatic heterocycles. The first-order chi connectivity index (χ1) is 8.31. The van der Waals surface area contributed by atoms with Crippen LogP contribution in [0.2, 0.25) is 0 Å². The van der Waals surface area contributed by atoms with Crippen molar-refractivity contribution >= 4 is 11.8 Å². The van der Waals surface area contributed by atoms with Gasteiger partial charge in [-0.2, -0.15) is 0 Å². The van der Waals surface area contributed by atoms with Crippen LogP contribution in [0.25, 0.3) is 0 Å². The van der Waals surface area contributed by atoms with Gasteiger partial charge in [0.1, 0.15) is 18.4 Å². The van der Waals surface area contributed by atoms with E-state index in [1.165, 1.54) is 6.07 Å². The zero-order chi connectivity index (χ0) is 13.8. The van der Waals surface area contributed by atoms with Gasteiger partial charge in [-0.25, -0.2) is 9.18 Å². The van der Waals surface area contributed by atoms with Crippen molar-refractivity contribution in [3.63, 3.8) is 0 Å². The summed E-state index contributed by atoms with van der Waals surface area (Å²) in [6, 6.07) is 6.36. The molecule has 0 radical (unpaired) electrons. The molecule has 1 amide bonds. The molecular formula is C13H18FNO3. The Bertz CT molecular complexity index is 415. The molecule has 0 spiro atoms. The Balaban J connectivity index is 2.71. The molecule has 1 atom stereocenters. The number of carbonyl (C=O) groups excluding carboxylic acids is 1. The molecule has 100 valence electrons. The first-order valence-electron chi connectivity index (χ1n) is 5.66. The predicted octanol–water partition coefficient (Wildman–Crippen LogP) is 3.04. The van der Waals surface area contributed by atoms with Crippen molar-refractivity contribution in [3.05, 3.63) is 29.8 Å². The van der Waals surface area contributed by atoms with Gasteiger partial charge in [-0.3, -0.25) is 5.32 Å². The summed E-state index contributed by atoms with van der Waals surface area (Å²) in [5.41, 5.74) is 0.278. The maximum absolute atomic E-state index is 12.3. The molecule has 4 nitrogen and oxygen atoms in total. The maximum atomic E-state index is 12.3. The van der Waals surface area contributed by atoms with Gasteiger partial charge in [0.2, 0.25) is 0 Å². The molecule has 0 saturated carbocycles. The average Bonchev–Trinajstić information content (AvgIpc) is 2.25. The molecule has 18 heavy (non-hydrogen) atoms. The fourth-order valence-electron chi connectivity index (χ4n) is 1.33. The molecule has 1 rings (SSSR count). The van der Waals surface area contributed by atoms with Crippen LogP contribution in [0, 0.1) is 0 Å². The lowest BCUT2D eigenvalue weighted by molar-refractivity contribution is 0.0636. The van der Waals surface area contributed by atoms with Crippen molar-refractivity contribution in [3.8, 4) is 0 Å². The molecule has 0 aliphatic rings. The Labute approximate surface area is 106 Å². The lowest BCUT2D eigenvalue weighted by Crippen LogP contribution is -2.27. The average molecular weight is 255 g/mol. The van der Waals surface area contributed by atoms with Crippen LogP contribution in [-0.2, 0) is 4.74 Å². The second-order valence-electron chi connectivity index (χ2n) is 4.92. The quantitative estimate of drug-likeness (QED) is 0.872. The Morgan fingerprint density at radius 2 is 2.17 bits per heavy atom. The summed E-state index contributed by atoms with van der Waals surface area (Å²) in [5, 5.41) is 11.9. The number of nitrogens with one attached hydrogen (secondary N) is 1. The van der Waals surface area contributed by atoms with Gasteiger partial charge in [-0.15, -0.1) is 0 Å². The van der Waals surface area contributed by atoms with Crippen LogP contribution < -0.4 is 5.32 Å². The molecule has 1 unspecified atom stereocenters. The highest BCUT2D eigenvalue weighted by atomic mass is 19.1. The Morgan fingerprint density at radius 1 is 1.50 bits per heavy atom. The third-order valence-electron chi connectivity index (χ3n) is 2.06. The van der Waals surface area contributed by atoms with E-state index in [9.17, 15) is 14.3 Å². The van der Waals surface area contributed by atoms with Crippen LogP contribution in [0.5, 0.6) is 0 Å². The van der Waals surface area contributed by atoms with E-state index >= 15 is 0 Å². The van der Waals surface area contributed by atoms with Crippen molar-refractivity contribution < 1.29 is 19.0 Å². The van der Waals surface area contributed by atoms with E-state index < -0.39 is 24.5 Å². The van der Waals surface area contributed by atoms with Gasteiger partial charge in [0.05, 0.1) is 0 Å². The van der Waals surface area contributed by atoms with Crippen molar-refractivity contribution in [2.75, 3.05) is 12.0 Å². The summed E-state index contributed by atoms with van der Waals surface area (Å²) in [4.78, 5) is 11.5. The number of alkyl halides is 1. The molecule has 1 aromatic carbocycles. The van der Waals surface area contributed by atoms with E-state index in [1.807, 2.05) is 0 Å². The summed E-state index contributed by atoms with van der Waals surface area (Å²) < 4.78 is 17.4. The van der Waals surface area contributed by atoms with Crippen molar-refractivity contribution in [1.82, 2.24) is 0 Å². The van der Waals surface area contributed by atoms with E-state index in [4.69, 9.17) is 4.74 Å². The summed E-state index contributed by atoms with van der Waals surface area (Å²) in [6.07, 6.45) is -1.76. The second-order valence-corrected chi connectivity index (χ2v) is 4.92. The van der Waals surface area contributed by atoms with Crippen molar-refractivity contribution in [1.29, 1.82) is 0 Å². The fourth-order valence-corrected chi connectivity index (χ4v) is 1.33. The van der Waals surface area contributed by atoms with Gasteiger partial charge in [-0.05, 0) is 38.5 Å². The smallest absolute Gasteiger partial charge is 0.412 e. The molecular weight excluding hydrogens is 237 g/mol. The molecule has 0 aromatic heterocycles. The SMILES string of the molecule is CC(C)(C)OC(=O)Nc1cccc(C(O)CF)c1. The first kappa shape index (κ1) is 14.4. The lowest BCUT2D eigenvalue weighted by Gasteiger charge is -2.20. The van der Waals surface area contributed by atoms with E-state index in [-0.39, 0.29) is 0 Å². The lowest BCUT2D eigenvalue weighted by atomic mass is 10.1. The van der Waals surface area contributed by atoms with Crippen LogP contribution in [-0.4, -0.2) is 23.5 Å². The highest BCUT2D eigenvalue weighted by Crippen LogP contribution is 2.18. The molecule has 1 aromatic rings. The molecule has 0 aliphatic carbocycles. The molecule has 0 fully saturated rings. The standard InChI is InChI=1S/C13H18FNO3/c1-13(2,3)18-12(17)15-10-6-4-5-9(7-10)11(16)8-14/h4-7,11,16H,8H2,1-3H3,(H,15,17). The maximum Gasteiger partial charge on any atom is 0.412 e. The minimum absolute atomic E-state index is 0.408. The Kier molecular flexibility index (Phi) is 4.67. The number of halogens is 1. The number of ether oxygens (including phenoxy) is 1. The molecule has 0 bridgehead atoms. The van der Waals surface area contributed by atoms with Crippen LogP contribution in [0.1, 0.15) is 32.4 Å². The zero-order valence-corrected chi connectivity index (χ0v) is 10.7. The Morgan fingerprint density at radius 3 is 2.72 bits per heavy atom. The van der Waals surface area contributed by atoms with E-state index in [2.05, 4.69) is 5.32 Å². The third kappa shape index (κ3) is 4.71. The van der Waals surface area contributed by atoms with Gasteiger partial charge < -0.3 is 9.84 Å². The summed E-state index contributed by atoms with van der Waals surface area (Å²) in [7, 11) is 0. The van der Waals surface area contributed by atoms with Gasteiger partial charge in [0, 0.05) is 5.69 Å². The first-order valence-corrected chi connectivity index (χ1v) is 5.66. The van der Waals surface area contributed by atoms with E-state index in [0.717, 1.165) is 0 Å². The number of aliphatic hydroxyl groups is 1. The molecule has 5 heteroatoms. The number of carbonyl (C=O) groups is 1. The Hall–Kier alpha value is -1.62. The fraction of sp³-hybridized carbons (Fsp3) is 0.462. The number of rotatable bonds is 3. The van der Waals surface area contributed by atoms with E-state index in [0.29, 0.717) is 11.3 Å². The zero-order valence-electron chi connectivity index (χ0n) is 10.7. The van der Waals surface area contributed by atoms with E-state index in [1.54, 1.807) is 39.0 Å². The van der Waals surface area contributed by atoms with Gasteiger partial charge >= 0.3 is 6.09 Å².